The van der Waals surface area contributed by atoms with Crippen LogP contribution in [0.15, 0.2) is 87.8 Å². The van der Waals surface area contributed by atoms with Gasteiger partial charge in [0.1, 0.15) is 0 Å². The minimum absolute atomic E-state index is 0.0712. The molecule has 0 saturated heterocycles. The number of para-hydroxylation sites is 1. The fraction of sp³-hybridized carbons (Fsp3) is 0.120. The van der Waals surface area contributed by atoms with Crippen molar-refractivity contribution in [1.29, 1.82) is 0 Å². The first-order valence-electron chi connectivity index (χ1n) is 10.1. The lowest BCUT2D eigenvalue weighted by molar-refractivity contribution is -0.118. The molecule has 0 radical (unpaired) electrons. The highest BCUT2D eigenvalue weighted by atomic mass is 32.2. The molecule has 0 unspecified atom stereocenters. The van der Waals surface area contributed by atoms with Gasteiger partial charge in [0, 0.05) is 0 Å². The molecule has 7 heteroatoms. The highest BCUT2D eigenvalue weighted by Gasteiger charge is 2.14. The predicted molar refractivity (Wildman–Crippen MR) is 130 cm³/mol. The summed E-state index contributed by atoms with van der Waals surface area (Å²) in [5, 5.41) is 5.01. The highest BCUT2D eigenvalue weighted by molar-refractivity contribution is 7.99. The Hall–Kier alpha value is -3.71. The van der Waals surface area contributed by atoms with Crippen LogP contribution in [0, 0.1) is 13.8 Å². The Morgan fingerprint density at radius 1 is 1.03 bits per heavy atom. The third kappa shape index (κ3) is 4.95. The van der Waals surface area contributed by atoms with Crippen LogP contribution in [0.2, 0.25) is 0 Å². The number of fused-ring (bicyclic) bond motifs is 1. The van der Waals surface area contributed by atoms with E-state index in [0.717, 1.165) is 16.7 Å². The number of hydrogen-bond acceptors (Lipinski definition) is 5. The van der Waals surface area contributed by atoms with Crippen molar-refractivity contribution in [1.82, 2.24) is 15.0 Å². The lowest BCUT2D eigenvalue weighted by atomic mass is 10.2. The molecule has 160 valence electrons. The number of hydrogen-bond donors (Lipinski definition) is 1. The second kappa shape index (κ2) is 9.62. The van der Waals surface area contributed by atoms with Gasteiger partial charge in [0.2, 0.25) is 0 Å². The highest BCUT2D eigenvalue weighted by Crippen LogP contribution is 2.21. The summed E-state index contributed by atoms with van der Waals surface area (Å²) in [5.74, 6) is -0.210. The number of hydrazone groups is 1. The molecular formula is C25H22N4O2S. The maximum Gasteiger partial charge on any atom is 0.266 e. The van der Waals surface area contributed by atoms with Crippen molar-refractivity contribution in [3.63, 3.8) is 0 Å². The van der Waals surface area contributed by atoms with E-state index in [0.29, 0.717) is 21.7 Å². The summed E-state index contributed by atoms with van der Waals surface area (Å²) in [5.41, 5.74) is 6.79. The predicted octanol–water partition coefficient (Wildman–Crippen LogP) is 4.24. The summed E-state index contributed by atoms with van der Waals surface area (Å²) in [4.78, 5) is 30.2. The van der Waals surface area contributed by atoms with Crippen molar-refractivity contribution in [3.8, 4) is 5.69 Å². The number of carbonyl (C=O) groups excluding carboxylic acids is 1. The molecule has 0 fully saturated rings. The Morgan fingerprint density at radius 3 is 2.59 bits per heavy atom. The number of carbonyl (C=O) groups is 1. The van der Waals surface area contributed by atoms with Crippen LogP contribution >= 0.6 is 11.8 Å². The normalized spacial score (nSPS) is 11.2. The van der Waals surface area contributed by atoms with Crippen molar-refractivity contribution in [2.24, 2.45) is 5.10 Å². The largest absolute Gasteiger partial charge is 0.272 e. The van der Waals surface area contributed by atoms with Gasteiger partial charge in [-0.1, -0.05) is 71.4 Å². The van der Waals surface area contributed by atoms with E-state index in [1.54, 1.807) is 22.9 Å². The van der Waals surface area contributed by atoms with Gasteiger partial charge in [0.15, 0.2) is 5.16 Å². The lowest BCUT2D eigenvalue weighted by Gasteiger charge is -2.13. The Labute approximate surface area is 190 Å². The number of nitrogens with zero attached hydrogens (tertiary/aromatic N) is 3. The summed E-state index contributed by atoms with van der Waals surface area (Å²) >= 11 is 1.20. The topological polar surface area (TPSA) is 76.3 Å². The first-order valence-corrected chi connectivity index (χ1v) is 11.1. The van der Waals surface area contributed by atoms with Crippen molar-refractivity contribution in [2.45, 2.75) is 19.0 Å². The fourth-order valence-electron chi connectivity index (χ4n) is 3.22. The molecule has 1 heterocycles. The average molecular weight is 443 g/mol. The summed E-state index contributed by atoms with van der Waals surface area (Å²) < 4.78 is 1.55. The molecular weight excluding hydrogens is 420 g/mol. The van der Waals surface area contributed by atoms with E-state index >= 15 is 0 Å². The van der Waals surface area contributed by atoms with Crippen LogP contribution in [0.3, 0.4) is 0 Å². The van der Waals surface area contributed by atoms with Crippen LogP contribution in [0.25, 0.3) is 16.6 Å². The number of aromatic nitrogens is 2. The summed E-state index contributed by atoms with van der Waals surface area (Å²) in [7, 11) is 0. The maximum absolute atomic E-state index is 13.2. The van der Waals surface area contributed by atoms with Gasteiger partial charge in [-0.2, -0.15) is 5.10 Å². The number of thioether (sulfide) groups is 1. The van der Waals surface area contributed by atoms with Crippen molar-refractivity contribution >= 4 is 34.8 Å². The van der Waals surface area contributed by atoms with Crippen molar-refractivity contribution in [3.05, 3.63) is 99.8 Å². The maximum atomic E-state index is 13.2. The zero-order valence-electron chi connectivity index (χ0n) is 17.8. The van der Waals surface area contributed by atoms with Gasteiger partial charge in [0.05, 0.1) is 28.6 Å². The molecule has 0 aliphatic heterocycles. The molecule has 0 atom stereocenters. The third-order valence-electron chi connectivity index (χ3n) is 4.81. The molecule has 3 aromatic carbocycles. The average Bonchev–Trinajstić information content (AvgIpc) is 2.79. The van der Waals surface area contributed by atoms with Crippen LogP contribution in [0.4, 0.5) is 0 Å². The molecule has 1 aromatic heterocycles. The minimum atomic E-state index is -0.281. The molecule has 0 aliphatic carbocycles. The first kappa shape index (κ1) is 21.5. The van der Waals surface area contributed by atoms with Crippen LogP contribution in [-0.4, -0.2) is 27.4 Å². The van der Waals surface area contributed by atoms with Gasteiger partial charge >= 0.3 is 0 Å². The van der Waals surface area contributed by atoms with Gasteiger partial charge in [-0.15, -0.1) is 0 Å². The van der Waals surface area contributed by atoms with Crippen molar-refractivity contribution < 1.29 is 4.79 Å². The molecule has 0 spiro atoms. The van der Waals surface area contributed by atoms with Crippen LogP contribution in [0.1, 0.15) is 16.7 Å². The van der Waals surface area contributed by atoms with E-state index < -0.39 is 0 Å². The number of aryl methyl sites for hydroxylation is 2. The van der Waals surface area contributed by atoms with E-state index in [9.17, 15) is 9.59 Å². The van der Waals surface area contributed by atoms with Crippen LogP contribution in [0.5, 0.6) is 0 Å². The molecule has 4 aromatic rings. The molecule has 32 heavy (non-hydrogen) atoms. The Bertz CT molecular complexity index is 1360. The third-order valence-corrected chi connectivity index (χ3v) is 5.75. The second-order valence-electron chi connectivity index (χ2n) is 7.38. The van der Waals surface area contributed by atoms with E-state index in [1.807, 2.05) is 74.5 Å². The molecule has 0 aliphatic rings. The van der Waals surface area contributed by atoms with Crippen LogP contribution < -0.4 is 11.0 Å². The standard InChI is InChI=1S/C25H22N4O2S/c1-17-10-12-20(13-11-17)29-24(31)21-8-3-4-9-22(21)27-25(29)32-16-23(30)28-26-15-19-7-5-6-18(2)14-19/h3-15H,16H2,1-2H3,(H,28,30)/b26-15-. The number of nitrogens with one attached hydrogen (secondary N) is 1. The molecule has 0 saturated carbocycles. The Balaban J connectivity index is 1.56. The number of rotatable bonds is 6. The zero-order chi connectivity index (χ0) is 22.5. The van der Waals surface area contributed by atoms with Gasteiger partial charge in [-0.25, -0.2) is 10.4 Å². The lowest BCUT2D eigenvalue weighted by Crippen LogP contribution is -2.24. The zero-order valence-corrected chi connectivity index (χ0v) is 18.6. The first-order chi connectivity index (χ1) is 15.5. The quantitative estimate of drug-likeness (QED) is 0.210. The Morgan fingerprint density at radius 2 is 1.81 bits per heavy atom. The SMILES string of the molecule is Cc1ccc(-n2c(SCC(=O)N/N=C\c3cccc(C)c3)nc3ccccc3c2=O)cc1. The smallest absolute Gasteiger partial charge is 0.266 e. The Kier molecular flexibility index (Phi) is 6.47. The van der Waals surface area contributed by atoms with Gasteiger partial charge in [-0.3, -0.25) is 14.2 Å². The summed E-state index contributed by atoms with van der Waals surface area (Å²) in [6.45, 7) is 3.99. The van der Waals surface area contributed by atoms with Gasteiger partial charge in [-0.05, 0) is 43.7 Å². The van der Waals surface area contributed by atoms with Crippen molar-refractivity contribution in [2.75, 3.05) is 5.75 Å². The second-order valence-corrected chi connectivity index (χ2v) is 8.33. The monoisotopic (exact) mass is 442 g/mol. The molecule has 1 amide bonds. The summed E-state index contributed by atoms with van der Waals surface area (Å²) in [6, 6.07) is 22.7. The van der Waals surface area contributed by atoms with Gasteiger partial charge < -0.3 is 0 Å². The number of benzene rings is 3. The van der Waals surface area contributed by atoms with E-state index in [-0.39, 0.29) is 17.2 Å². The summed E-state index contributed by atoms with van der Waals surface area (Å²) in [6.07, 6.45) is 1.60. The molecule has 6 nitrogen and oxygen atoms in total. The van der Waals surface area contributed by atoms with E-state index in [2.05, 4.69) is 15.5 Å². The van der Waals surface area contributed by atoms with E-state index in [1.165, 1.54) is 11.8 Å². The number of amides is 1. The van der Waals surface area contributed by atoms with E-state index in [4.69, 9.17) is 0 Å². The molecule has 0 bridgehead atoms. The minimum Gasteiger partial charge on any atom is -0.272 e. The van der Waals surface area contributed by atoms with Crippen LogP contribution in [-0.2, 0) is 4.79 Å². The molecule has 1 N–H and O–H groups in total. The fourth-order valence-corrected chi connectivity index (χ4v) is 4.03. The molecule has 4 rings (SSSR count). The van der Waals surface area contributed by atoms with Gasteiger partial charge in [0.25, 0.3) is 11.5 Å².